The van der Waals surface area contributed by atoms with Gasteiger partial charge in [0, 0.05) is 12.7 Å². The van der Waals surface area contributed by atoms with E-state index >= 15 is 0 Å². The fourth-order valence-corrected chi connectivity index (χ4v) is 1.78. The van der Waals surface area contributed by atoms with Crippen molar-refractivity contribution in [1.29, 1.82) is 0 Å². The van der Waals surface area contributed by atoms with Gasteiger partial charge in [-0.15, -0.1) is 0 Å². The predicted molar refractivity (Wildman–Crippen MR) is 62.9 cm³/mol. The summed E-state index contributed by atoms with van der Waals surface area (Å²) < 4.78 is 0. The van der Waals surface area contributed by atoms with Crippen molar-refractivity contribution in [2.24, 2.45) is 0 Å². The summed E-state index contributed by atoms with van der Waals surface area (Å²) in [6.45, 7) is 0.759. The van der Waals surface area contributed by atoms with Gasteiger partial charge in [-0.1, -0.05) is 0 Å². The van der Waals surface area contributed by atoms with Crippen LogP contribution in [0.3, 0.4) is 0 Å². The lowest BCUT2D eigenvalue weighted by molar-refractivity contribution is -0.121. The zero-order valence-electron chi connectivity index (χ0n) is 9.07. The Bertz CT molecular complexity index is 380. The van der Waals surface area contributed by atoms with E-state index in [0.717, 1.165) is 25.8 Å². The van der Waals surface area contributed by atoms with Crippen molar-refractivity contribution in [3.8, 4) is 0 Å². The number of nitrogens with two attached hydrogens (primary N) is 1. The van der Waals surface area contributed by atoms with Gasteiger partial charge in [-0.3, -0.25) is 4.79 Å². The molecule has 0 spiro atoms. The van der Waals surface area contributed by atoms with E-state index in [1.807, 2.05) is 0 Å². The van der Waals surface area contributed by atoms with Crippen molar-refractivity contribution in [2.45, 2.75) is 25.3 Å². The molecule has 1 aliphatic rings. The number of carbonyl (C=O) groups excluding carboxylic acids is 1. The molecule has 1 aromatic rings. The van der Waals surface area contributed by atoms with Crippen molar-refractivity contribution >= 4 is 17.4 Å². The molecule has 1 atom stereocenters. The minimum atomic E-state index is -0.223. The summed E-state index contributed by atoms with van der Waals surface area (Å²) in [6, 6.07) is 3.32. The normalized spacial score (nSPS) is 21.0. The van der Waals surface area contributed by atoms with E-state index < -0.39 is 0 Å². The number of hydrogen-bond acceptors (Lipinski definition) is 4. The summed E-state index contributed by atoms with van der Waals surface area (Å²) in [6.07, 6.45) is 4.54. The van der Waals surface area contributed by atoms with Crippen molar-refractivity contribution in [2.75, 3.05) is 17.6 Å². The van der Waals surface area contributed by atoms with E-state index in [0.29, 0.717) is 11.5 Å². The number of pyridine rings is 1. The number of carbonyl (C=O) groups is 1. The second-order valence-electron chi connectivity index (χ2n) is 3.92. The van der Waals surface area contributed by atoms with Gasteiger partial charge in [0.05, 0.1) is 5.69 Å². The summed E-state index contributed by atoms with van der Waals surface area (Å²) in [7, 11) is 0. The minimum absolute atomic E-state index is 0.0301. The van der Waals surface area contributed by atoms with Crippen LogP contribution in [0.1, 0.15) is 19.3 Å². The zero-order chi connectivity index (χ0) is 11.4. The van der Waals surface area contributed by atoms with E-state index in [1.54, 1.807) is 18.3 Å². The summed E-state index contributed by atoms with van der Waals surface area (Å²) >= 11 is 0. The predicted octanol–water partition coefficient (Wildman–Crippen LogP) is 0.744. The van der Waals surface area contributed by atoms with E-state index in [2.05, 4.69) is 15.6 Å². The molecule has 2 rings (SSSR count). The third-order valence-corrected chi connectivity index (χ3v) is 2.69. The molecule has 4 N–H and O–H groups in total. The van der Waals surface area contributed by atoms with Crippen LogP contribution in [0.2, 0.25) is 0 Å². The average molecular weight is 220 g/mol. The molecule has 5 heteroatoms. The number of nitrogen functional groups attached to an aromatic ring is 1. The lowest BCUT2D eigenvalue weighted by Crippen LogP contribution is -2.38. The highest BCUT2D eigenvalue weighted by Gasteiger charge is 2.21. The standard InChI is InChI=1S/C11H16N4O/c12-8-4-3-7-13-10(8)15-9-5-1-2-6-14-11(9)16/h3-4,7,9H,1-2,5-6,12H2,(H,13,15)(H,14,16). The Morgan fingerprint density at radius 1 is 1.50 bits per heavy atom. The highest BCUT2D eigenvalue weighted by atomic mass is 16.2. The molecule has 86 valence electrons. The Morgan fingerprint density at radius 3 is 3.19 bits per heavy atom. The highest BCUT2D eigenvalue weighted by molar-refractivity contribution is 5.85. The molecular formula is C11H16N4O. The van der Waals surface area contributed by atoms with Crippen LogP contribution in [0.15, 0.2) is 18.3 Å². The lowest BCUT2D eigenvalue weighted by Gasteiger charge is -2.16. The van der Waals surface area contributed by atoms with Crippen LogP contribution in [0, 0.1) is 0 Å². The van der Waals surface area contributed by atoms with Crippen LogP contribution in [-0.4, -0.2) is 23.5 Å². The number of rotatable bonds is 2. The first-order valence-electron chi connectivity index (χ1n) is 5.52. The molecule has 1 aromatic heterocycles. The molecule has 2 heterocycles. The van der Waals surface area contributed by atoms with Gasteiger partial charge in [0.25, 0.3) is 0 Å². The van der Waals surface area contributed by atoms with Gasteiger partial charge in [0.15, 0.2) is 0 Å². The van der Waals surface area contributed by atoms with Crippen LogP contribution < -0.4 is 16.4 Å². The van der Waals surface area contributed by atoms with Crippen molar-refractivity contribution in [3.05, 3.63) is 18.3 Å². The van der Waals surface area contributed by atoms with Crippen LogP contribution in [0.4, 0.5) is 11.5 Å². The van der Waals surface area contributed by atoms with Crippen LogP contribution >= 0.6 is 0 Å². The topological polar surface area (TPSA) is 80.0 Å². The quantitative estimate of drug-likeness (QED) is 0.687. The van der Waals surface area contributed by atoms with Crippen LogP contribution in [0.5, 0.6) is 0 Å². The Hall–Kier alpha value is -1.78. The van der Waals surface area contributed by atoms with Crippen molar-refractivity contribution in [3.63, 3.8) is 0 Å². The molecule has 1 unspecified atom stereocenters. The van der Waals surface area contributed by atoms with Crippen molar-refractivity contribution in [1.82, 2.24) is 10.3 Å². The Morgan fingerprint density at radius 2 is 2.38 bits per heavy atom. The molecule has 1 fully saturated rings. The van der Waals surface area contributed by atoms with E-state index in [1.165, 1.54) is 0 Å². The summed E-state index contributed by atoms with van der Waals surface area (Å²) in [5.74, 6) is 0.618. The van der Waals surface area contributed by atoms with Gasteiger partial charge in [-0.05, 0) is 31.4 Å². The van der Waals surface area contributed by atoms with Crippen molar-refractivity contribution < 1.29 is 4.79 Å². The Balaban J connectivity index is 2.08. The molecule has 16 heavy (non-hydrogen) atoms. The molecule has 0 aromatic carbocycles. The van der Waals surface area contributed by atoms with Gasteiger partial charge in [0.2, 0.25) is 5.91 Å². The smallest absolute Gasteiger partial charge is 0.242 e. The molecule has 1 amide bonds. The third-order valence-electron chi connectivity index (χ3n) is 2.69. The fourth-order valence-electron chi connectivity index (χ4n) is 1.78. The number of anilines is 2. The highest BCUT2D eigenvalue weighted by Crippen LogP contribution is 2.17. The monoisotopic (exact) mass is 220 g/mol. The van der Waals surface area contributed by atoms with E-state index in [9.17, 15) is 4.79 Å². The largest absolute Gasteiger partial charge is 0.396 e. The summed E-state index contributed by atoms with van der Waals surface area (Å²) in [5.41, 5.74) is 6.33. The molecule has 0 saturated carbocycles. The molecule has 0 radical (unpaired) electrons. The summed E-state index contributed by atoms with van der Waals surface area (Å²) in [5, 5.41) is 5.96. The summed E-state index contributed by atoms with van der Waals surface area (Å²) in [4.78, 5) is 15.8. The Labute approximate surface area is 94.4 Å². The first kappa shape index (κ1) is 10.7. The van der Waals surface area contributed by atoms with Gasteiger partial charge in [-0.25, -0.2) is 4.98 Å². The third kappa shape index (κ3) is 2.42. The SMILES string of the molecule is Nc1cccnc1NC1CCCCNC1=O. The molecular weight excluding hydrogens is 204 g/mol. The number of amides is 1. The van der Waals surface area contributed by atoms with Crippen LogP contribution in [0.25, 0.3) is 0 Å². The number of nitrogens with zero attached hydrogens (tertiary/aromatic N) is 1. The number of nitrogens with one attached hydrogen (secondary N) is 2. The molecule has 0 bridgehead atoms. The lowest BCUT2D eigenvalue weighted by atomic mass is 10.1. The number of aromatic nitrogens is 1. The first-order valence-corrected chi connectivity index (χ1v) is 5.52. The minimum Gasteiger partial charge on any atom is -0.396 e. The zero-order valence-corrected chi connectivity index (χ0v) is 9.07. The van der Waals surface area contributed by atoms with Gasteiger partial charge in [0.1, 0.15) is 11.9 Å². The van der Waals surface area contributed by atoms with E-state index in [4.69, 9.17) is 5.73 Å². The number of hydrogen-bond donors (Lipinski definition) is 3. The van der Waals surface area contributed by atoms with Gasteiger partial charge in [-0.2, -0.15) is 0 Å². The molecule has 1 aliphatic heterocycles. The molecule has 1 saturated heterocycles. The second-order valence-corrected chi connectivity index (χ2v) is 3.92. The van der Waals surface area contributed by atoms with E-state index in [-0.39, 0.29) is 11.9 Å². The van der Waals surface area contributed by atoms with Crippen LogP contribution in [-0.2, 0) is 4.79 Å². The second kappa shape index (κ2) is 4.83. The molecule has 5 nitrogen and oxygen atoms in total. The van der Waals surface area contributed by atoms with Gasteiger partial charge >= 0.3 is 0 Å². The van der Waals surface area contributed by atoms with Gasteiger partial charge < -0.3 is 16.4 Å². The maximum Gasteiger partial charge on any atom is 0.242 e. The Kier molecular flexibility index (Phi) is 3.24. The first-order chi connectivity index (χ1) is 7.77. The fraction of sp³-hybridized carbons (Fsp3) is 0.455. The maximum absolute atomic E-state index is 11.7. The average Bonchev–Trinajstić information content (AvgIpc) is 2.48. The molecule has 0 aliphatic carbocycles. The maximum atomic E-state index is 11.7.